The average molecular weight is 363 g/mol. The van der Waals surface area contributed by atoms with E-state index < -0.39 is 11.0 Å². The van der Waals surface area contributed by atoms with Gasteiger partial charge in [0.1, 0.15) is 0 Å². The maximum atomic E-state index is 11.3. The lowest BCUT2D eigenvalue weighted by Crippen LogP contribution is -2.66. The predicted octanol–water partition coefficient (Wildman–Crippen LogP) is 4.02. The van der Waals surface area contributed by atoms with E-state index >= 15 is 0 Å². The number of hydrogen-bond donors (Lipinski definition) is 2. The van der Waals surface area contributed by atoms with E-state index in [2.05, 4.69) is 25.0 Å². The monoisotopic (exact) mass is 362 g/mol. The predicted molar refractivity (Wildman–Crippen MR) is 96.6 cm³/mol. The van der Waals surface area contributed by atoms with Gasteiger partial charge in [-0.2, -0.15) is 0 Å². The molecular weight excluding hydrogens is 336 g/mol. The van der Waals surface area contributed by atoms with Gasteiger partial charge in [-0.05, 0) is 61.9 Å². The van der Waals surface area contributed by atoms with Gasteiger partial charge in [0.2, 0.25) is 0 Å². The van der Waals surface area contributed by atoms with Crippen molar-refractivity contribution < 1.29 is 10.3 Å². The number of halogens is 1. The SMILES string of the molecule is CC12CCCC1C1CCC3=Cc4nn(O)cc4CC3(C)C1(Cl)C(O)C2. The molecule has 0 spiro atoms. The van der Waals surface area contributed by atoms with Crippen LogP contribution in [0.3, 0.4) is 0 Å². The highest BCUT2D eigenvalue weighted by Crippen LogP contribution is 2.69. The van der Waals surface area contributed by atoms with E-state index in [1.54, 1.807) is 6.20 Å². The molecule has 6 atom stereocenters. The number of alkyl halides is 1. The number of nitrogens with zero attached hydrogens (tertiary/aromatic N) is 2. The number of rotatable bonds is 0. The van der Waals surface area contributed by atoms with Gasteiger partial charge >= 0.3 is 0 Å². The fourth-order valence-corrected chi connectivity index (χ4v) is 7.57. The van der Waals surface area contributed by atoms with Gasteiger partial charge in [-0.1, -0.05) is 25.8 Å². The molecule has 4 nitrogen and oxygen atoms in total. The van der Waals surface area contributed by atoms with Gasteiger partial charge in [-0.3, -0.25) is 0 Å². The first kappa shape index (κ1) is 16.2. The molecule has 0 bridgehead atoms. The topological polar surface area (TPSA) is 58.3 Å². The highest BCUT2D eigenvalue weighted by atomic mass is 35.5. The lowest BCUT2D eigenvalue weighted by Gasteiger charge is -2.63. The van der Waals surface area contributed by atoms with Crippen LogP contribution in [0.25, 0.3) is 6.08 Å². The number of hydrogen-bond acceptors (Lipinski definition) is 3. The molecule has 0 aliphatic heterocycles. The lowest BCUT2D eigenvalue weighted by molar-refractivity contribution is -0.0957. The van der Waals surface area contributed by atoms with Crippen molar-refractivity contribution in [2.45, 2.75) is 69.8 Å². The fraction of sp³-hybridized carbons (Fsp3) is 0.750. The molecule has 5 heteroatoms. The number of aliphatic hydroxyl groups is 1. The molecule has 0 saturated heterocycles. The van der Waals surface area contributed by atoms with Crippen LogP contribution in [0.1, 0.15) is 63.6 Å². The second-order valence-corrected chi connectivity index (χ2v) is 10.0. The van der Waals surface area contributed by atoms with E-state index in [1.807, 2.05) is 0 Å². The third kappa shape index (κ3) is 1.85. The van der Waals surface area contributed by atoms with Crippen LogP contribution in [0, 0.1) is 22.7 Å². The van der Waals surface area contributed by atoms with Crippen LogP contribution < -0.4 is 0 Å². The van der Waals surface area contributed by atoms with Crippen molar-refractivity contribution in [2.75, 3.05) is 0 Å². The quantitative estimate of drug-likeness (QED) is 0.541. The zero-order valence-electron chi connectivity index (χ0n) is 15.0. The maximum Gasteiger partial charge on any atom is 0.0918 e. The zero-order chi connectivity index (χ0) is 17.6. The lowest BCUT2D eigenvalue weighted by atomic mass is 9.46. The molecule has 2 N–H and O–H groups in total. The van der Waals surface area contributed by atoms with Gasteiger partial charge in [0.15, 0.2) is 0 Å². The Labute approximate surface area is 153 Å². The summed E-state index contributed by atoms with van der Waals surface area (Å²) in [7, 11) is 0. The van der Waals surface area contributed by atoms with E-state index in [4.69, 9.17) is 11.6 Å². The summed E-state index contributed by atoms with van der Waals surface area (Å²) in [5, 5.41) is 25.2. The molecule has 4 aliphatic rings. The molecule has 136 valence electrons. The van der Waals surface area contributed by atoms with Crippen molar-refractivity contribution in [3.8, 4) is 0 Å². The molecule has 0 radical (unpaired) electrons. The van der Waals surface area contributed by atoms with E-state index in [0.29, 0.717) is 11.8 Å². The summed E-state index contributed by atoms with van der Waals surface area (Å²) in [5.41, 5.74) is 3.14. The van der Waals surface area contributed by atoms with Crippen LogP contribution in [0.4, 0.5) is 0 Å². The van der Waals surface area contributed by atoms with Crippen molar-refractivity contribution in [3.63, 3.8) is 0 Å². The first-order valence-electron chi connectivity index (χ1n) is 9.64. The van der Waals surface area contributed by atoms with Crippen molar-refractivity contribution in [1.82, 2.24) is 9.94 Å². The Bertz CT molecular complexity index is 774. The smallest absolute Gasteiger partial charge is 0.0918 e. The number of fused-ring (bicyclic) bond motifs is 6. The third-order valence-electron chi connectivity index (χ3n) is 8.27. The van der Waals surface area contributed by atoms with Crippen LogP contribution in [0.5, 0.6) is 0 Å². The second-order valence-electron chi connectivity index (χ2n) is 9.42. The molecule has 1 aromatic heterocycles. The van der Waals surface area contributed by atoms with Gasteiger partial charge in [-0.15, -0.1) is 21.5 Å². The number of aliphatic hydroxyl groups excluding tert-OH is 1. The minimum absolute atomic E-state index is 0.246. The molecule has 5 rings (SSSR count). The normalized spacial score (nSPS) is 48.2. The molecule has 25 heavy (non-hydrogen) atoms. The Kier molecular flexibility index (Phi) is 3.13. The van der Waals surface area contributed by atoms with Crippen molar-refractivity contribution in [2.24, 2.45) is 22.7 Å². The minimum Gasteiger partial charge on any atom is -0.412 e. The number of aromatic nitrogens is 2. The highest BCUT2D eigenvalue weighted by Gasteiger charge is 2.67. The Morgan fingerprint density at radius 1 is 1.28 bits per heavy atom. The summed E-state index contributed by atoms with van der Waals surface area (Å²) in [6.07, 6.45) is 10.7. The van der Waals surface area contributed by atoms with E-state index in [9.17, 15) is 10.3 Å². The van der Waals surface area contributed by atoms with Gasteiger partial charge in [0, 0.05) is 11.0 Å². The zero-order valence-corrected chi connectivity index (χ0v) is 15.8. The van der Waals surface area contributed by atoms with Crippen LogP contribution in [0.2, 0.25) is 0 Å². The Hall–Kier alpha value is -1.00. The summed E-state index contributed by atoms with van der Waals surface area (Å²) >= 11 is 7.46. The standard InChI is InChI=1S/C20H27ClN2O2/c1-18-7-3-4-14(18)15-6-5-13-8-16-12(11-23(25)22-16)9-19(13,2)20(15,21)17(24)10-18/h8,11,14-15,17,24-25H,3-7,9-10H2,1-2H3. The summed E-state index contributed by atoms with van der Waals surface area (Å²) in [6, 6.07) is 0. The first-order valence-corrected chi connectivity index (χ1v) is 10.0. The number of allylic oxidation sites excluding steroid dienone is 1. The van der Waals surface area contributed by atoms with Gasteiger partial charge < -0.3 is 10.3 Å². The Morgan fingerprint density at radius 3 is 2.88 bits per heavy atom. The molecule has 0 aromatic carbocycles. The van der Waals surface area contributed by atoms with Gasteiger partial charge in [0.25, 0.3) is 0 Å². The fourth-order valence-electron chi connectivity index (χ4n) is 7.04. The molecule has 4 aliphatic carbocycles. The molecule has 1 aromatic rings. The van der Waals surface area contributed by atoms with E-state index in [-0.39, 0.29) is 10.8 Å². The molecule has 1 heterocycles. The van der Waals surface area contributed by atoms with Crippen molar-refractivity contribution in [1.29, 1.82) is 0 Å². The van der Waals surface area contributed by atoms with E-state index in [1.165, 1.54) is 24.8 Å². The molecule has 3 saturated carbocycles. The van der Waals surface area contributed by atoms with Gasteiger partial charge in [-0.25, -0.2) is 0 Å². The summed E-state index contributed by atoms with van der Waals surface area (Å²) in [5.74, 6) is 0.979. The van der Waals surface area contributed by atoms with Crippen LogP contribution in [-0.4, -0.2) is 31.2 Å². The van der Waals surface area contributed by atoms with Gasteiger partial charge in [0.05, 0.1) is 22.9 Å². The molecular formula is C20H27ClN2O2. The highest BCUT2D eigenvalue weighted by molar-refractivity contribution is 6.25. The maximum absolute atomic E-state index is 11.3. The Morgan fingerprint density at radius 2 is 2.08 bits per heavy atom. The average Bonchev–Trinajstić information content (AvgIpc) is 3.07. The van der Waals surface area contributed by atoms with E-state index in [0.717, 1.165) is 41.8 Å². The van der Waals surface area contributed by atoms with Crippen LogP contribution >= 0.6 is 11.6 Å². The largest absolute Gasteiger partial charge is 0.412 e. The summed E-state index contributed by atoms with van der Waals surface area (Å²) < 4.78 is 0. The minimum atomic E-state index is -0.624. The third-order valence-corrected chi connectivity index (χ3v) is 9.22. The molecule has 3 fully saturated rings. The molecule has 0 amide bonds. The first-order chi connectivity index (χ1) is 11.8. The second kappa shape index (κ2) is 4.83. The summed E-state index contributed by atoms with van der Waals surface area (Å²) in [6.45, 7) is 4.60. The van der Waals surface area contributed by atoms with Crippen molar-refractivity contribution in [3.05, 3.63) is 23.0 Å². The van der Waals surface area contributed by atoms with Crippen molar-refractivity contribution >= 4 is 17.7 Å². The summed E-state index contributed by atoms with van der Waals surface area (Å²) in [4.78, 5) is 0.285. The molecule has 6 unspecified atom stereocenters. The van der Waals surface area contributed by atoms with Crippen LogP contribution in [0.15, 0.2) is 11.8 Å². The Balaban J connectivity index is 1.63. The van der Waals surface area contributed by atoms with Crippen LogP contribution in [-0.2, 0) is 6.42 Å².